The van der Waals surface area contributed by atoms with Crippen LogP contribution >= 0.6 is 11.8 Å². The summed E-state index contributed by atoms with van der Waals surface area (Å²) in [4.78, 5) is 26.4. The van der Waals surface area contributed by atoms with Crippen LogP contribution in [-0.2, 0) is 16.1 Å². The summed E-state index contributed by atoms with van der Waals surface area (Å²) >= 11 is 1.26. The van der Waals surface area contributed by atoms with Gasteiger partial charge < -0.3 is 10.6 Å². The number of aromatic nitrogens is 2. The van der Waals surface area contributed by atoms with Gasteiger partial charge in [0.2, 0.25) is 11.8 Å². The second-order valence-electron chi connectivity index (χ2n) is 6.44. The van der Waals surface area contributed by atoms with Crippen LogP contribution in [0.3, 0.4) is 0 Å². The van der Waals surface area contributed by atoms with E-state index < -0.39 is 4.75 Å². The fourth-order valence-electron chi connectivity index (χ4n) is 2.90. The molecule has 2 heterocycles. The number of nitrogens with one attached hydrogen (secondary N) is 2. The Morgan fingerprint density at radius 3 is 2.89 bits per heavy atom. The Bertz CT molecular complexity index is 1000. The molecule has 4 rings (SSSR count). The molecule has 0 spiro atoms. The topological polar surface area (TPSA) is 76.0 Å². The maximum atomic E-state index is 12.9. The molecular weight excluding hydrogens is 360 g/mol. The van der Waals surface area contributed by atoms with E-state index in [1.165, 1.54) is 11.8 Å². The first-order valence-corrected chi connectivity index (χ1v) is 9.33. The van der Waals surface area contributed by atoms with E-state index in [1.807, 2.05) is 65.5 Å². The molecule has 0 aliphatic carbocycles. The Morgan fingerprint density at radius 2 is 2.07 bits per heavy atom. The van der Waals surface area contributed by atoms with Gasteiger partial charge in [-0.1, -0.05) is 36.0 Å². The van der Waals surface area contributed by atoms with E-state index in [0.717, 1.165) is 16.1 Å². The second kappa shape index (κ2) is 6.92. The first-order valence-electron chi connectivity index (χ1n) is 8.52. The molecule has 2 aromatic carbocycles. The third-order valence-corrected chi connectivity index (χ3v) is 5.76. The fraction of sp³-hybridized carbons (Fsp3) is 0.150. The van der Waals surface area contributed by atoms with Crippen molar-refractivity contribution in [3.63, 3.8) is 0 Å². The molecule has 1 atom stereocenters. The van der Waals surface area contributed by atoms with Gasteiger partial charge in [0.15, 0.2) is 4.75 Å². The highest BCUT2D eigenvalue weighted by molar-refractivity contribution is 8.02. The van der Waals surface area contributed by atoms with E-state index in [9.17, 15) is 9.59 Å². The van der Waals surface area contributed by atoms with Crippen molar-refractivity contribution in [1.29, 1.82) is 0 Å². The molecule has 136 valence electrons. The van der Waals surface area contributed by atoms with Crippen LogP contribution in [0.5, 0.6) is 0 Å². The zero-order chi connectivity index (χ0) is 18.9. The van der Waals surface area contributed by atoms with Crippen LogP contribution in [0.4, 0.5) is 11.4 Å². The number of anilines is 2. The lowest BCUT2D eigenvalue weighted by atomic mass is 10.1. The summed E-state index contributed by atoms with van der Waals surface area (Å²) in [5, 5.41) is 9.90. The van der Waals surface area contributed by atoms with Gasteiger partial charge in [0, 0.05) is 23.0 Å². The maximum absolute atomic E-state index is 12.9. The summed E-state index contributed by atoms with van der Waals surface area (Å²) in [5.41, 5.74) is 2.39. The Balaban J connectivity index is 1.53. The highest BCUT2D eigenvalue weighted by Crippen LogP contribution is 2.42. The molecule has 6 nitrogen and oxygen atoms in total. The van der Waals surface area contributed by atoms with Crippen molar-refractivity contribution >= 4 is 35.0 Å². The number of rotatable bonds is 4. The van der Waals surface area contributed by atoms with Crippen LogP contribution in [0.15, 0.2) is 71.9 Å². The third kappa shape index (κ3) is 3.46. The summed E-state index contributed by atoms with van der Waals surface area (Å²) in [6.45, 7) is 2.25. The van der Waals surface area contributed by atoms with E-state index in [4.69, 9.17) is 0 Å². The number of thioether (sulfide) groups is 1. The smallest absolute Gasteiger partial charge is 0.250 e. The minimum Gasteiger partial charge on any atom is -0.324 e. The van der Waals surface area contributed by atoms with Crippen molar-refractivity contribution in [2.75, 3.05) is 10.6 Å². The monoisotopic (exact) mass is 378 g/mol. The van der Waals surface area contributed by atoms with Gasteiger partial charge in [-0.3, -0.25) is 14.3 Å². The number of benzene rings is 2. The Hall–Kier alpha value is -3.06. The molecule has 0 bridgehead atoms. The molecule has 0 radical (unpaired) electrons. The third-order valence-electron chi connectivity index (χ3n) is 4.40. The molecule has 2 N–H and O–H groups in total. The van der Waals surface area contributed by atoms with Crippen LogP contribution in [0.2, 0.25) is 0 Å². The van der Waals surface area contributed by atoms with Crippen molar-refractivity contribution in [2.45, 2.75) is 23.1 Å². The van der Waals surface area contributed by atoms with Gasteiger partial charge >= 0.3 is 0 Å². The van der Waals surface area contributed by atoms with Crippen molar-refractivity contribution < 1.29 is 9.59 Å². The first-order chi connectivity index (χ1) is 13.0. The van der Waals surface area contributed by atoms with Crippen molar-refractivity contribution in [2.24, 2.45) is 0 Å². The van der Waals surface area contributed by atoms with Gasteiger partial charge in [-0.05, 0) is 42.8 Å². The fourth-order valence-corrected chi connectivity index (χ4v) is 4.00. The van der Waals surface area contributed by atoms with Crippen LogP contribution in [0, 0.1) is 0 Å². The zero-order valence-corrected chi connectivity index (χ0v) is 15.5. The minimum atomic E-state index is -1.24. The number of amides is 2. The lowest BCUT2D eigenvalue weighted by Crippen LogP contribution is -2.49. The lowest BCUT2D eigenvalue weighted by molar-refractivity contribution is -0.126. The van der Waals surface area contributed by atoms with Crippen LogP contribution < -0.4 is 10.6 Å². The van der Waals surface area contributed by atoms with Crippen molar-refractivity contribution in [3.8, 4) is 0 Å². The summed E-state index contributed by atoms with van der Waals surface area (Å²) in [6.07, 6.45) is 3.61. The van der Waals surface area contributed by atoms with E-state index in [0.29, 0.717) is 12.2 Å². The second-order valence-corrected chi connectivity index (χ2v) is 7.90. The number of carbonyl (C=O) groups is 2. The van der Waals surface area contributed by atoms with Crippen molar-refractivity contribution in [3.05, 3.63) is 72.6 Å². The summed E-state index contributed by atoms with van der Waals surface area (Å²) in [7, 11) is 0. The predicted molar refractivity (Wildman–Crippen MR) is 106 cm³/mol. The molecule has 27 heavy (non-hydrogen) atoms. The number of carbonyl (C=O) groups excluding carboxylic acids is 2. The maximum Gasteiger partial charge on any atom is 0.250 e. The average molecular weight is 378 g/mol. The van der Waals surface area contributed by atoms with E-state index in [1.54, 1.807) is 13.1 Å². The summed E-state index contributed by atoms with van der Waals surface area (Å²) in [6, 6.07) is 16.9. The summed E-state index contributed by atoms with van der Waals surface area (Å²) < 4.78 is 0.565. The molecule has 2 amide bonds. The van der Waals surface area contributed by atoms with Crippen LogP contribution in [0.25, 0.3) is 0 Å². The highest BCUT2D eigenvalue weighted by Gasteiger charge is 2.45. The lowest BCUT2D eigenvalue weighted by Gasteiger charge is -2.31. The molecule has 0 saturated heterocycles. The van der Waals surface area contributed by atoms with Gasteiger partial charge in [0.05, 0.1) is 12.2 Å². The number of hydrogen-bond donors (Lipinski definition) is 2. The summed E-state index contributed by atoms with van der Waals surface area (Å²) in [5.74, 6) is -0.674. The van der Waals surface area contributed by atoms with Gasteiger partial charge in [-0.25, -0.2) is 0 Å². The standard InChI is InChI=1S/C20H18N4O2S/c1-20(19(26)23-16-8-2-3-9-17(16)27-20)18(25)22-15-7-4-6-14(12-15)13-24-11-5-10-21-24/h2-12H,13H2,1H3,(H,22,25)(H,23,26). The van der Waals surface area contributed by atoms with E-state index in [2.05, 4.69) is 15.7 Å². The number of fused-ring (bicyclic) bond motifs is 1. The molecule has 1 unspecified atom stereocenters. The minimum absolute atomic E-state index is 0.323. The predicted octanol–water partition coefficient (Wildman–Crippen LogP) is 3.37. The van der Waals surface area contributed by atoms with E-state index >= 15 is 0 Å². The SMILES string of the molecule is CC1(C(=O)Nc2cccc(Cn3cccn3)c2)Sc2ccccc2NC1=O. The normalized spacial score (nSPS) is 18.5. The van der Waals surface area contributed by atoms with Crippen LogP contribution in [0.1, 0.15) is 12.5 Å². The average Bonchev–Trinajstić information content (AvgIpc) is 3.16. The number of hydrogen-bond acceptors (Lipinski definition) is 4. The molecule has 7 heteroatoms. The zero-order valence-electron chi connectivity index (χ0n) is 14.7. The Kier molecular flexibility index (Phi) is 4.45. The van der Waals surface area contributed by atoms with Gasteiger partial charge in [0.25, 0.3) is 0 Å². The van der Waals surface area contributed by atoms with Gasteiger partial charge in [-0.2, -0.15) is 5.10 Å². The highest BCUT2D eigenvalue weighted by atomic mass is 32.2. The molecular formula is C20H18N4O2S. The van der Waals surface area contributed by atoms with Gasteiger partial charge in [-0.15, -0.1) is 0 Å². The van der Waals surface area contributed by atoms with Crippen LogP contribution in [-0.4, -0.2) is 26.3 Å². The number of para-hydroxylation sites is 1. The molecule has 1 aliphatic heterocycles. The van der Waals surface area contributed by atoms with Crippen molar-refractivity contribution in [1.82, 2.24) is 9.78 Å². The van der Waals surface area contributed by atoms with Gasteiger partial charge in [0.1, 0.15) is 0 Å². The molecule has 1 aromatic heterocycles. The quantitative estimate of drug-likeness (QED) is 0.683. The molecule has 1 aliphatic rings. The largest absolute Gasteiger partial charge is 0.324 e. The first kappa shape index (κ1) is 17.4. The Morgan fingerprint density at radius 1 is 1.22 bits per heavy atom. The van der Waals surface area contributed by atoms with E-state index in [-0.39, 0.29) is 11.8 Å². The molecule has 0 fully saturated rings. The molecule has 0 saturated carbocycles. The Labute approximate surface area is 161 Å². The molecule has 3 aromatic rings. The number of nitrogens with zero attached hydrogens (tertiary/aromatic N) is 2.